The number of halogens is 1. The number of amides is 1. The van der Waals surface area contributed by atoms with Crippen molar-refractivity contribution in [1.29, 1.82) is 0 Å². The lowest BCUT2D eigenvalue weighted by atomic mass is 10.2. The number of sulfonamides is 1. The quantitative estimate of drug-likeness (QED) is 0.552. The zero-order chi connectivity index (χ0) is 22.3. The monoisotopic (exact) mass is 442 g/mol. The molecule has 1 N–H and O–H groups in total. The number of benzene rings is 3. The van der Waals surface area contributed by atoms with Crippen molar-refractivity contribution in [2.75, 3.05) is 13.7 Å². The van der Waals surface area contributed by atoms with Crippen LogP contribution in [0.25, 0.3) is 0 Å². The predicted molar refractivity (Wildman–Crippen MR) is 115 cm³/mol. The summed E-state index contributed by atoms with van der Waals surface area (Å²) >= 11 is 0. The first-order chi connectivity index (χ1) is 14.9. The van der Waals surface area contributed by atoms with Gasteiger partial charge in [0.2, 0.25) is 15.9 Å². The van der Waals surface area contributed by atoms with Crippen LogP contribution in [-0.2, 0) is 27.9 Å². The van der Waals surface area contributed by atoms with Gasteiger partial charge in [0, 0.05) is 13.1 Å². The number of hydrogen-bond acceptors (Lipinski definition) is 4. The SMILES string of the molecule is COc1ccc(CNC(=O)CN(Cc2ccc(F)cc2)S(=O)(=O)c2ccccc2)cc1. The normalized spacial score (nSPS) is 11.3. The van der Waals surface area contributed by atoms with Crippen LogP contribution in [0.15, 0.2) is 83.8 Å². The molecule has 0 aliphatic carbocycles. The van der Waals surface area contributed by atoms with Gasteiger partial charge in [-0.2, -0.15) is 4.31 Å². The van der Waals surface area contributed by atoms with Crippen molar-refractivity contribution in [1.82, 2.24) is 9.62 Å². The van der Waals surface area contributed by atoms with E-state index in [4.69, 9.17) is 4.74 Å². The first-order valence-electron chi connectivity index (χ1n) is 9.58. The molecule has 1 amide bonds. The highest BCUT2D eigenvalue weighted by atomic mass is 32.2. The van der Waals surface area contributed by atoms with E-state index in [1.807, 2.05) is 12.1 Å². The lowest BCUT2D eigenvalue weighted by Crippen LogP contribution is -2.40. The number of hydrogen-bond donors (Lipinski definition) is 1. The molecule has 0 bridgehead atoms. The fourth-order valence-electron chi connectivity index (χ4n) is 2.92. The summed E-state index contributed by atoms with van der Waals surface area (Å²) in [4.78, 5) is 12.7. The third-order valence-electron chi connectivity index (χ3n) is 4.62. The highest BCUT2D eigenvalue weighted by molar-refractivity contribution is 7.89. The van der Waals surface area contributed by atoms with Crippen molar-refractivity contribution < 1.29 is 22.3 Å². The summed E-state index contributed by atoms with van der Waals surface area (Å²) in [6.07, 6.45) is 0. The van der Waals surface area contributed by atoms with Gasteiger partial charge in [0.25, 0.3) is 0 Å². The minimum Gasteiger partial charge on any atom is -0.497 e. The van der Waals surface area contributed by atoms with Gasteiger partial charge >= 0.3 is 0 Å². The molecule has 3 aromatic rings. The molecule has 3 aromatic carbocycles. The number of nitrogens with zero attached hydrogens (tertiary/aromatic N) is 1. The van der Waals surface area contributed by atoms with Gasteiger partial charge in [0.05, 0.1) is 18.6 Å². The highest BCUT2D eigenvalue weighted by Crippen LogP contribution is 2.18. The maximum atomic E-state index is 13.2. The van der Waals surface area contributed by atoms with Crippen LogP contribution in [0, 0.1) is 5.82 Å². The molecule has 0 unspecified atom stereocenters. The van der Waals surface area contributed by atoms with E-state index in [1.54, 1.807) is 37.4 Å². The second kappa shape index (κ2) is 10.2. The van der Waals surface area contributed by atoms with E-state index in [-0.39, 0.29) is 24.5 Å². The summed E-state index contributed by atoms with van der Waals surface area (Å²) in [6.45, 7) is -0.184. The van der Waals surface area contributed by atoms with Crippen molar-refractivity contribution in [3.63, 3.8) is 0 Å². The summed E-state index contributed by atoms with van der Waals surface area (Å²) in [5.41, 5.74) is 1.43. The average molecular weight is 443 g/mol. The van der Waals surface area contributed by atoms with Gasteiger partial charge < -0.3 is 10.1 Å². The largest absolute Gasteiger partial charge is 0.497 e. The summed E-state index contributed by atoms with van der Waals surface area (Å²) in [5.74, 6) is -0.162. The van der Waals surface area contributed by atoms with Crippen molar-refractivity contribution in [3.8, 4) is 5.75 Å². The highest BCUT2D eigenvalue weighted by Gasteiger charge is 2.26. The van der Waals surface area contributed by atoms with Gasteiger partial charge in [-0.1, -0.05) is 42.5 Å². The van der Waals surface area contributed by atoms with Crippen LogP contribution in [0.5, 0.6) is 5.75 Å². The summed E-state index contributed by atoms with van der Waals surface area (Å²) in [5, 5.41) is 2.74. The Morgan fingerprint density at radius 3 is 2.16 bits per heavy atom. The van der Waals surface area contributed by atoms with E-state index in [2.05, 4.69) is 5.32 Å². The smallest absolute Gasteiger partial charge is 0.243 e. The molecule has 31 heavy (non-hydrogen) atoms. The van der Waals surface area contributed by atoms with Crippen LogP contribution < -0.4 is 10.1 Å². The Hall–Kier alpha value is -3.23. The van der Waals surface area contributed by atoms with Gasteiger partial charge in [-0.3, -0.25) is 4.79 Å². The van der Waals surface area contributed by atoms with Crippen LogP contribution in [0.2, 0.25) is 0 Å². The van der Waals surface area contributed by atoms with E-state index >= 15 is 0 Å². The fourth-order valence-corrected chi connectivity index (χ4v) is 4.33. The molecule has 162 valence electrons. The predicted octanol–water partition coefficient (Wildman–Crippen LogP) is 3.34. The minimum absolute atomic E-state index is 0.0620. The molecule has 0 aliphatic heterocycles. The van der Waals surface area contributed by atoms with E-state index in [1.165, 1.54) is 36.4 Å². The van der Waals surface area contributed by atoms with Crippen molar-refractivity contribution in [3.05, 3.63) is 95.8 Å². The average Bonchev–Trinajstić information content (AvgIpc) is 2.79. The third-order valence-corrected chi connectivity index (χ3v) is 6.43. The molecule has 0 saturated carbocycles. The zero-order valence-electron chi connectivity index (χ0n) is 17.0. The van der Waals surface area contributed by atoms with Gasteiger partial charge in [0.1, 0.15) is 11.6 Å². The van der Waals surface area contributed by atoms with Gasteiger partial charge in [-0.05, 0) is 47.5 Å². The Balaban J connectivity index is 1.75. The van der Waals surface area contributed by atoms with Crippen LogP contribution in [0.1, 0.15) is 11.1 Å². The van der Waals surface area contributed by atoms with Crippen LogP contribution in [0.3, 0.4) is 0 Å². The second-order valence-electron chi connectivity index (χ2n) is 6.84. The number of methoxy groups -OCH3 is 1. The molecule has 0 heterocycles. The molecule has 0 radical (unpaired) electrons. The Morgan fingerprint density at radius 2 is 1.55 bits per heavy atom. The Kier molecular flexibility index (Phi) is 7.38. The first kappa shape index (κ1) is 22.5. The van der Waals surface area contributed by atoms with Crippen LogP contribution in [-0.4, -0.2) is 32.3 Å². The lowest BCUT2D eigenvalue weighted by Gasteiger charge is -2.22. The van der Waals surface area contributed by atoms with Crippen LogP contribution >= 0.6 is 0 Å². The van der Waals surface area contributed by atoms with Crippen molar-refractivity contribution in [2.24, 2.45) is 0 Å². The second-order valence-corrected chi connectivity index (χ2v) is 8.78. The van der Waals surface area contributed by atoms with E-state index in [0.29, 0.717) is 11.3 Å². The van der Waals surface area contributed by atoms with Gasteiger partial charge in [-0.25, -0.2) is 12.8 Å². The molecule has 0 fully saturated rings. The van der Waals surface area contributed by atoms with E-state index in [9.17, 15) is 17.6 Å². The summed E-state index contributed by atoms with van der Waals surface area (Å²) in [7, 11) is -2.37. The maximum absolute atomic E-state index is 13.2. The molecule has 3 rings (SSSR count). The minimum atomic E-state index is -3.93. The molecule has 0 saturated heterocycles. The fraction of sp³-hybridized carbons (Fsp3) is 0.174. The van der Waals surface area contributed by atoms with Crippen molar-refractivity contribution >= 4 is 15.9 Å². The van der Waals surface area contributed by atoms with Gasteiger partial charge in [0.15, 0.2) is 0 Å². The Labute approximate surface area is 181 Å². The summed E-state index contributed by atoms with van der Waals surface area (Å²) in [6, 6.07) is 20.6. The molecule has 0 aromatic heterocycles. The maximum Gasteiger partial charge on any atom is 0.243 e. The lowest BCUT2D eigenvalue weighted by molar-refractivity contribution is -0.121. The molecule has 0 atom stereocenters. The number of carbonyl (C=O) groups excluding carboxylic acids is 1. The zero-order valence-corrected chi connectivity index (χ0v) is 17.8. The number of carbonyl (C=O) groups is 1. The first-order valence-corrected chi connectivity index (χ1v) is 11.0. The number of ether oxygens (including phenoxy) is 1. The number of nitrogens with one attached hydrogen (secondary N) is 1. The molecular weight excluding hydrogens is 419 g/mol. The standard InChI is InChI=1S/C23H23FN2O4S/c1-30-21-13-9-18(10-14-21)15-25-23(27)17-26(16-19-7-11-20(24)12-8-19)31(28,29)22-5-3-2-4-6-22/h2-14H,15-17H2,1H3,(H,25,27). The summed E-state index contributed by atoms with van der Waals surface area (Å²) < 4.78 is 45.7. The topological polar surface area (TPSA) is 75.7 Å². The molecular formula is C23H23FN2O4S. The number of rotatable bonds is 9. The van der Waals surface area contributed by atoms with E-state index < -0.39 is 21.7 Å². The molecule has 0 spiro atoms. The van der Waals surface area contributed by atoms with Crippen LogP contribution in [0.4, 0.5) is 4.39 Å². The molecule has 8 heteroatoms. The van der Waals surface area contributed by atoms with Crippen molar-refractivity contribution in [2.45, 2.75) is 18.0 Å². The Bertz CT molecular complexity index is 1100. The Morgan fingerprint density at radius 1 is 0.935 bits per heavy atom. The molecule has 6 nitrogen and oxygen atoms in total. The van der Waals surface area contributed by atoms with E-state index in [0.717, 1.165) is 9.87 Å². The van der Waals surface area contributed by atoms with Gasteiger partial charge in [-0.15, -0.1) is 0 Å². The third kappa shape index (κ3) is 6.13. The molecule has 0 aliphatic rings.